The van der Waals surface area contributed by atoms with Crippen molar-refractivity contribution in [2.45, 2.75) is 57.7 Å². The van der Waals surface area contributed by atoms with Gasteiger partial charge >= 0.3 is 6.03 Å². The molecule has 0 atom stereocenters. The van der Waals surface area contributed by atoms with Crippen LogP contribution >= 0.6 is 0 Å². The van der Waals surface area contributed by atoms with Gasteiger partial charge < -0.3 is 20.3 Å². The number of hydrogen-bond donors (Lipinski definition) is 2. The Morgan fingerprint density at radius 2 is 1.71 bits per heavy atom. The zero-order valence-electron chi connectivity index (χ0n) is 19.9. The van der Waals surface area contributed by atoms with E-state index in [9.17, 15) is 13.6 Å². The zero-order valence-corrected chi connectivity index (χ0v) is 19.9. The van der Waals surface area contributed by atoms with Crippen LogP contribution in [0.25, 0.3) is 0 Å². The molecule has 0 aromatic heterocycles. The lowest BCUT2D eigenvalue weighted by Crippen LogP contribution is -2.52. The number of benzene rings is 2. The van der Waals surface area contributed by atoms with Gasteiger partial charge in [0, 0.05) is 44.3 Å². The van der Waals surface area contributed by atoms with Crippen molar-refractivity contribution in [3.63, 3.8) is 0 Å². The number of para-hydroxylation sites is 2. The number of carbonyl (C=O) groups is 1. The van der Waals surface area contributed by atoms with E-state index in [1.807, 2.05) is 26.0 Å². The summed E-state index contributed by atoms with van der Waals surface area (Å²) in [5.74, 6) is -0.306. The summed E-state index contributed by atoms with van der Waals surface area (Å²) in [4.78, 5) is 17.2. The van der Waals surface area contributed by atoms with Gasteiger partial charge in [-0.15, -0.1) is 0 Å². The van der Waals surface area contributed by atoms with Crippen LogP contribution in [0.2, 0.25) is 0 Å². The monoisotopic (exact) mass is 472 g/mol. The standard InChI is InChI=1S/C26H34F2N4O2/c1-18(2)34-25-6-4-3-5-24(25)32-15-13-31(14-16-32)21-10-8-20(9-11-21)29-26(33)30-23-17-19(27)7-12-22(23)28/h3-7,12,17-18,20-21H,8-11,13-16H2,1-2H3,(H2,29,30,33)/t20-,21-. The molecule has 34 heavy (non-hydrogen) atoms. The van der Waals surface area contributed by atoms with E-state index in [0.717, 1.165) is 81.5 Å². The van der Waals surface area contributed by atoms with Crippen LogP contribution in [0.15, 0.2) is 42.5 Å². The third kappa shape index (κ3) is 6.17. The number of urea groups is 1. The first kappa shape index (κ1) is 24.3. The van der Waals surface area contributed by atoms with Crippen molar-refractivity contribution in [1.82, 2.24) is 10.2 Å². The molecule has 2 aromatic carbocycles. The quantitative estimate of drug-likeness (QED) is 0.621. The Hall–Kier alpha value is -2.87. The van der Waals surface area contributed by atoms with Crippen LogP contribution in [-0.2, 0) is 0 Å². The van der Waals surface area contributed by atoms with Crippen LogP contribution in [0, 0.1) is 11.6 Å². The number of rotatable bonds is 6. The van der Waals surface area contributed by atoms with Gasteiger partial charge in [-0.05, 0) is 63.8 Å². The first-order valence-corrected chi connectivity index (χ1v) is 12.2. The molecule has 0 unspecified atom stereocenters. The van der Waals surface area contributed by atoms with Gasteiger partial charge in [0.15, 0.2) is 0 Å². The number of anilines is 2. The first-order valence-electron chi connectivity index (χ1n) is 12.2. The molecular weight excluding hydrogens is 438 g/mol. The van der Waals surface area contributed by atoms with Crippen LogP contribution in [-0.4, -0.2) is 55.3 Å². The van der Waals surface area contributed by atoms with E-state index in [4.69, 9.17) is 4.74 Å². The van der Waals surface area contributed by atoms with Crippen molar-refractivity contribution >= 4 is 17.4 Å². The fraction of sp³-hybridized carbons (Fsp3) is 0.500. The zero-order chi connectivity index (χ0) is 24.1. The van der Waals surface area contributed by atoms with Gasteiger partial charge in [-0.3, -0.25) is 4.90 Å². The Labute approximate surface area is 200 Å². The summed E-state index contributed by atoms with van der Waals surface area (Å²) in [5, 5.41) is 5.33. The average molecular weight is 473 g/mol. The third-order valence-corrected chi connectivity index (χ3v) is 6.61. The van der Waals surface area contributed by atoms with Crippen LogP contribution in [0.5, 0.6) is 5.75 Å². The highest BCUT2D eigenvalue weighted by atomic mass is 19.1. The summed E-state index contributed by atoms with van der Waals surface area (Å²) in [6.45, 7) is 8.00. The molecule has 2 amide bonds. The first-order chi connectivity index (χ1) is 16.4. The summed E-state index contributed by atoms with van der Waals surface area (Å²) < 4.78 is 33.1. The van der Waals surface area contributed by atoms with Crippen LogP contribution in [0.3, 0.4) is 0 Å². The number of nitrogens with one attached hydrogen (secondary N) is 2. The second kappa shape index (κ2) is 11.0. The molecule has 6 nitrogen and oxygen atoms in total. The lowest BCUT2D eigenvalue weighted by atomic mass is 9.90. The number of ether oxygens (including phenoxy) is 1. The SMILES string of the molecule is CC(C)Oc1ccccc1N1CCN([C@H]2CC[C@H](NC(=O)Nc3cc(F)ccc3F)CC2)CC1. The summed E-state index contributed by atoms with van der Waals surface area (Å²) in [6.07, 6.45) is 3.89. The minimum Gasteiger partial charge on any atom is -0.489 e. The fourth-order valence-electron chi connectivity index (χ4n) is 4.92. The largest absolute Gasteiger partial charge is 0.489 e. The molecule has 0 spiro atoms. The summed E-state index contributed by atoms with van der Waals surface area (Å²) in [6, 6.07) is 11.3. The smallest absolute Gasteiger partial charge is 0.319 e. The third-order valence-electron chi connectivity index (χ3n) is 6.61. The minimum absolute atomic E-state index is 0.0363. The van der Waals surface area contributed by atoms with E-state index in [0.29, 0.717) is 6.04 Å². The topological polar surface area (TPSA) is 56.8 Å². The Morgan fingerprint density at radius 1 is 1.00 bits per heavy atom. The van der Waals surface area contributed by atoms with Gasteiger partial charge in [0.2, 0.25) is 0 Å². The van der Waals surface area contributed by atoms with E-state index in [1.165, 1.54) is 0 Å². The molecule has 4 rings (SSSR count). The number of nitrogens with zero attached hydrogens (tertiary/aromatic N) is 2. The number of carbonyl (C=O) groups excluding carboxylic acids is 1. The van der Waals surface area contributed by atoms with Crippen LogP contribution in [0.1, 0.15) is 39.5 Å². The molecule has 2 aromatic rings. The molecule has 1 aliphatic heterocycles. The van der Waals surface area contributed by atoms with E-state index in [-0.39, 0.29) is 17.8 Å². The number of hydrogen-bond acceptors (Lipinski definition) is 4. The Kier molecular flexibility index (Phi) is 7.88. The van der Waals surface area contributed by atoms with Crippen molar-refractivity contribution in [3.05, 3.63) is 54.1 Å². The molecule has 0 radical (unpaired) electrons. The molecular formula is C26H34F2N4O2. The Bertz CT molecular complexity index is 971. The molecule has 1 heterocycles. The molecule has 1 aliphatic carbocycles. The maximum Gasteiger partial charge on any atom is 0.319 e. The second-order valence-electron chi connectivity index (χ2n) is 9.39. The van der Waals surface area contributed by atoms with Gasteiger partial charge in [0.1, 0.15) is 17.4 Å². The number of halogens is 2. The van der Waals surface area contributed by atoms with Crippen molar-refractivity contribution < 1.29 is 18.3 Å². The predicted molar refractivity (Wildman–Crippen MR) is 131 cm³/mol. The van der Waals surface area contributed by atoms with Crippen molar-refractivity contribution in [1.29, 1.82) is 0 Å². The average Bonchev–Trinajstić information content (AvgIpc) is 2.82. The summed E-state index contributed by atoms with van der Waals surface area (Å²) in [7, 11) is 0. The van der Waals surface area contributed by atoms with Gasteiger partial charge in [0.05, 0.1) is 17.5 Å². The summed E-state index contributed by atoms with van der Waals surface area (Å²) >= 11 is 0. The molecule has 184 valence electrons. The predicted octanol–water partition coefficient (Wildman–Crippen LogP) is 5.01. The van der Waals surface area contributed by atoms with Gasteiger partial charge in [-0.25, -0.2) is 13.6 Å². The van der Waals surface area contributed by atoms with Gasteiger partial charge in [-0.1, -0.05) is 12.1 Å². The normalized spacial score (nSPS) is 21.4. The Balaban J connectivity index is 1.23. The summed E-state index contributed by atoms with van der Waals surface area (Å²) in [5.41, 5.74) is 1.01. The van der Waals surface area contributed by atoms with Gasteiger partial charge in [0.25, 0.3) is 0 Å². The Morgan fingerprint density at radius 3 is 2.41 bits per heavy atom. The van der Waals surface area contributed by atoms with Crippen molar-refractivity contribution in [3.8, 4) is 5.75 Å². The van der Waals surface area contributed by atoms with Crippen LogP contribution < -0.4 is 20.3 Å². The van der Waals surface area contributed by atoms with Gasteiger partial charge in [-0.2, -0.15) is 0 Å². The second-order valence-corrected chi connectivity index (χ2v) is 9.39. The van der Waals surface area contributed by atoms with E-state index in [2.05, 4.69) is 32.6 Å². The van der Waals surface area contributed by atoms with E-state index in [1.54, 1.807) is 0 Å². The number of amides is 2. The molecule has 2 N–H and O–H groups in total. The molecule has 1 saturated heterocycles. The maximum atomic E-state index is 13.8. The van der Waals surface area contributed by atoms with Crippen molar-refractivity contribution in [2.75, 3.05) is 36.4 Å². The molecule has 2 aliphatic rings. The fourth-order valence-corrected chi connectivity index (χ4v) is 4.92. The highest BCUT2D eigenvalue weighted by molar-refractivity contribution is 5.89. The number of piperazine rings is 1. The molecule has 1 saturated carbocycles. The molecule has 2 fully saturated rings. The molecule has 8 heteroatoms. The minimum atomic E-state index is -0.655. The van der Waals surface area contributed by atoms with E-state index >= 15 is 0 Å². The highest BCUT2D eigenvalue weighted by Gasteiger charge is 2.29. The van der Waals surface area contributed by atoms with E-state index < -0.39 is 17.7 Å². The lowest BCUT2D eigenvalue weighted by molar-refractivity contribution is 0.137. The lowest BCUT2D eigenvalue weighted by Gasteiger charge is -2.43. The highest BCUT2D eigenvalue weighted by Crippen LogP contribution is 2.31. The molecule has 0 bridgehead atoms. The van der Waals surface area contributed by atoms with Crippen molar-refractivity contribution in [2.24, 2.45) is 0 Å². The van der Waals surface area contributed by atoms with Crippen LogP contribution in [0.4, 0.5) is 25.0 Å². The maximum absolute atomic E-state index is 13.8.